The maximum Gasteiger partial charge on any atom is 0.337 e. The first kappa shape index (κ1) is 27.3. The molecular formula is C33H37N3O4. The van der Waals surface area contributed by atoms with Gasteiger partial charge in [0.15, 0.2) is 5.78 Å². The van der Waals surface area contributed by atoms with Crippen LogP contribution in [0, 0.1) is 0 Å². The molecule has 3 N–H and O–H groups in total. The van der Waals surface area contributed by atoms with Crippen LogP contribution < -0.4 is 15.4 Å². The zero-order chi connectivity index (χ0) is 28.4. The Morgan fingerprint density at radius 1 is 1.00 bits per heavy atom. The lowest BCUT2D eigenvalue weighted by atomic mass is 9.71. The first-order chi connectivity index (χ1) is 19.4. The molecule has 1 saturated heterocycles. The van der Waals surface area contributed by atoms with Crippen LogP contribution in [0.1, 0.15) is 63.0 Å². The molecule has 6 rings (SSSR count). The number of methoxy groups -OCH3 is 1. The van der Waals surface area contributed by atoms with E-state index in [1.54, 1.807) is 7.11 Å². The van der Waals surface area contributed by atoms with Gasteiger partial charge in [0.1, 0.15) is 11.9 Å². The minimum absolute atomic E-state index is 0.0227. The van der Waals surface area contributed by atoms with Crippen molar-refractivity contribution in [2.45, 2.75) is 58.0 Å². The van der Waals surface area contributed by atoms with Crippen LogP contribution in [0.2, 0.25) is 0 Å². The van der Waals surface area contributed by atoms with E-state index >= 15 is 0 Å². The largest absolute Gasteiger partial charge is 0.496 e. The molecule has 208 valence electrons. The topological polar surface area (TPSA) is 92.4 Å². The van der Waals surface area contributed by atoms with Gasteiger partial charge in [0.25, 0.3) is 0 Å². The normalized spacial score (nSPS) is 22.2. The molecule has 0 bridgehead atoms. The van der Waals surface area contributed by atoms with Gasteiger partial charge in [-0.3, -0.25) is 4.79 Å². The Labute approximate surface area is 235 Å². The summed E-state index contributed by atoms with van der Waals surface area (Å²) in [5, 5.41) is 7.59. The number of H-pyrrole nitrogens is 1. The van der Waals surface area contributed by atoms with Crippen LogP contribution in [0.5, 0.6) is 5.75 Å². The average Bonchev–Trinajstić information content (AvgIpc) is 3.61. The fourth-order valence-corrected chi connectivity index (χ4v) is 6.18. The minimum atomic E-state index is -0.526. The van der Waals surface area contributed by atoms with Crippen molar-refractivity contribution in [1.82, 2.24) is 15.6 Å². The quantitative estimate of drug-likeness (QED) is 0.345. The fourth-order valence-electron chi connectivity index (χ4n) is 6.18. The molecule has 3 heterocycles. The van der Waals surface area contributed by atoms with E-state index in [1.165, 1.54) is 0 Å². The first-order valence-electron chi connectivity index (χ1n) is 14.0. The van der Waals surface area contributed by atoms with Gasteiger partial charge in [0.2, 0.25) is 0 Å². The molecule has 1 aliphatic carbocycles. The fraction of sp³-hybridized carbons (Fsp3) is 0.333. The predicted octanol–water partition coefficient (Wildman–Crippen LogP) is 5.98. The zero-order valence-electron chi connectivity index (χ0n) is 23.6. The molecule has 40 heavy (non-hydrogen) atoms. The molecule has 0 unspecified atom stereocenters. The Bertz CT molecular complexity index is 1530. The molecule has 7 heteroatoms. The third-order valence-corrected chi connectivity index (χ3v) is 7.89. The second-order valence-corrected chi connectivity index (χ2v) is 10.3. The number of hydrogen-bond donors (Lipinski definition) is 3. The molecular weight excluding hydrogens is 502 g/mol. The van der Waals surface area contributed by atoms with E-state index in [4.69, 9.17) is 9.47 Å². The number of esters is 1. The molecule has 2 aromatic carbocycles. The number of Topliss-reactive ketones (excluding diaryl/α,β-unsaturated/α-hetero) is 1. The Morgan fingerprint density at radius 2 is 1.77 bits per heavy atom. The van der Waals surface area contributed by atoms with Gasteiger partial charge >= 0.3 is 5.97 Å². The number of allylic oxidation sites excluding steroid dienone is 3. The van der Waals surface area contributed by atoms with Gasteiger partial charge in [0, 0.05) is 64.4 Å². The highest BCUT2D eigenvalue weighted by Gasteiger charge is 2.43. The summed E-state index contributed by atoms with van der Waals surface area (Å²) >= 11 is 0. The number of aromatic amines is 1. The van der Waals surface area contributed by atoms with Crippen LogP contribution in [0.3, 0.4) is 0 Å². The molecule has 0 radical (unpaired) electrons. The number of ether oxygens (including phenoxy) is 2. The van der Waals surface area contributed by atoms with E-state index in [2.05, 4.69) is 22.2 Å². The van der Waals surface area contributed by atoms with Gasteiger partial charge in [-0.05, 0) is 42.7 Å². The van der Waals surface area contributed by atoms with Gasteiger partial charge in [-0.2, -0.15) is 0 Å². The molecule has 2 aliphatic heterocycles. The molecule has 1 aromatic heterocycles. The number of carbonyl (C=O) groups is 2. The van der Waals surface area contributed by atoms with Crippen molar-refractivity contribution in [3.8, 4) is 5.75 Å². The van der Waals surface area contributed by atoms with E-state index in [0.717, 1.165) is 39.2 Å². The molecule has 0 spiro atoms. The van der Waals surface area contributed by atoms with Crippen LogP contribution in [-0.4, -0.2) is 36.5 Å². The third-order valence-electron chi connectivity index (χ3n) is 7.89. The van der Waals surface area contributed by atoms with Crippen molar-refractivity contribution in [3.05, 3.63) is 101 Å². The van der Waals surface area contributed by atoms with Crippen molar-refractivity contribution in [2.24, 2.45) is 0 Å². The number of nitrogens with one attached hydrogen (secondary N) is 3. The minimum Gasteiger partial charge on any atom is -0.496 e. The summed E-state index contributed by atoms with van der Waals surface area (Å²) in [4.78, 5) is 31.0. The first-order valence-corrected chi connectivity index (χ1v) is 14.0. The number of rotatable bonds is 5. The highest BCUT2D eigenvalue weighted by Crippen LogP contribution is 2.48. The maximum absolute atomic E-state index is 14.0. The number of hydrogen-bond acceptors (Lipinski definition) is 6. The summed E-state index contributed by atoms with van der Waals surface area (Å²) in [7, 11) is 1.65. The number of carbonyl (C=O) groups excluding carboxylic acids is 2. The van der Waals surface area contributed by atoms with Crippen molar-refractivity contribution in [3.63, 3.8) is 0 Å². The summed E-state index contributed by atoms with van der Waals surface area (Å²) in [5.74, 6) is -0.143. The summed E-state index contributed by atoms with van der Waals surface area (Å²) in [6.45, 7) is 10.4. The average molecular weight is 540 g/mol. The molecule has 3 aliphatic rings. The van der Waals surface area contributed by atoms with Crippen LogP contribution in [0.4, 0.5) is 0 Å². The lowest BCUT2D eigenvalue weighted by Gasteiger charge is -2.37. The van der Waals surface area contributed by atoms with Gasteiger partial charge in [0.05, 0.1) is 19.2 Å². The number of ketones is 1. The van der Waals surface area contributed by atoms with E-state index in [-0.39, 0.29) is 17.8 Å². The monoisotopic (exact) mass is 539 g/mol. The Balaban J connectivity index is 0.00000158. The summed E-state index contributed by atoms with van der Waals surface area (Å²) in [5.41, 5.74) is 6.46. The summed E-state index contributed by atoms with van der Waals surface area (Å²) < 4.78 is 11.6. The standard InChI is InChI=1S/C31H31N3O4.C2H6/c1-17-13-20(16-33-17)38-31(36)28-18(2)34-25-14-19(21-7-4-5-10-27(21)37-3)15-26(35)30(25)29(28)23-8-6-9-24-22(23)11-12-32-24;1-2/h4-12,19-20,29,32-34H,1,13-16H2,2-3H3;1-2H3/t19-,20-,29-;/m1./s1. The van der Waals surface area contributed by atoms with Crippen molar-refractivity contribution in [2.75, 3.05) is 13.7 Å². The van der Waals surface area contributed by atoms with Gasteiger partial charge in [-0.15, -0.1) is 0 Å². The van der Waals surface area contributed by atoms with Gasteiger partial charge in [-0.1, -0.05) is 50.8 Å². The second kappa shape index (κ2) is 11.5. The number of para-hydroxylation sites is 1. The third kappa shape index (κ3) is 4.92. The Morgan fingerprint density at radius 3 is 2.52 bits per heavy atom. The van der Waals surface area contributed by atoms with Crippen LogP contribution in [-0.2, 0) is 14.3 Å². The molecule has 0 saturated carbocycles. The maximum atomic E-state index is 14.0. The number of dihydropyridines is 1. The molecule has 3 atom stereocenters. The molecule has 0 amide bonds. The van der Waals surface area contributed by atoms with Crippen LogP contribution in [0.15, 0.2) is 89.5 Å². The number of aromatic nitrogens is 1. The SMILES string of the molecule is C=C1C[C@@H](OC(=O)C2=C(C)NC3=C(C(=O)C[C@H](c4ccccc4OC)C3)[C@@H]2c2cccc3[nH]ccc23)CN1.CC. The molecule has 1 fully saturated rings. The van der Waals surface area contributed by atoms with Crippen LogP contribution >= 0.6 is 0 Å². The summed E-state index contributed by atoms with van der Waals surface area (Å²) in [6, 6.07) is 15.8. The smallest absolute Gasteiger partial charge is 0.337 e. The lowest BCUT2D eigenvalue weighted by molar-refractivity contribution is -0.143. The van der Waals surface area contributed by atoms with Gasteiger partial charge < -0.3 is 25.1 Å². The molecule has 3 aromatic rings. The highest BCUT2D eigenvalue weighted by molar-refractivity contribution is 6.05. The zero-order valence-corrected chi connectivity index (χ0v) is 23.6. The van der Waals surface area contributed by atoms with E-state index in [0.29, 0.717) is 42.7 Å². The Hall–Kier alpha value is -4.26. The van der Waals surface area contributed by atoms with Gasteiger partial charge in [-0.25, -0.2) is 4.79 Å². The number of benzene rings is 2. The second-order valence-electron chi connectivity index (χ2n) is 10.3. The predicted molar refractivity (Wildman–Crippen MR) is 157 cm³/mol. The van der Waals surface area contributed by atoms with E-state index in [9.17, 15) is 9.59 Å². The highest BCUT2D eigenvalue weighted by atomic mass is 16.5. The number of fused-ring (bicyclic) bond motifs is 1. The van der Waals surface area contributed by atoms with Crippen molar-refractivity contribution >= 4 is 22.7 Å². The van der Waals surface area contributed by atoms with E-state index < -0.39 is 11.9 Å². The lowest BCUT2D eigenvalue weighted by Crippen LogP contribution is -2.37. The Kier molecular flexibility index (Phi) is 7.83. The van der Waals surface area contributed by atoms with E-state index in [1.807, 2.05) is 75.5 Å². The molecule has 7 nitrogen and oxygen atoms in total. The van der Waals surface area contributed by atoms with Crippen molar-refractivity contribution < 1.29 is 19.1 Å². The van der Waals surface area contributed by atoms with Crippen LogP contribution in [0.25, 0.3) is 10.9 Å². The summed E-state index contributed by atoms with van der Waals surface area (Å²) in [6.07, 6.45) is 3.17. The van der Waals surface area contributed by atoms with Crippen molar-refractivity contribution in [1.29, 1.82) is 0 Å².